The minimum atomic E-state index is 1.02. The average Bonchev–Trinajstić information content (AvgIpc) is 2.14. The molecule has 1 heterocycles. The molecule has 1 aliphatic rings. The van der Waals surface area contributed by atoms with Crippen LogP contribution >= 0.6 is 0 Å². The maximum atomic E-state index is 3.53. The molecular formula is C6H10N2. The molecule has 2 nitrogen and oxygen atoms in total. The second-order valence-electron chi connectivity index (χ2n) is 1.87. The molecule has 2 heteroatoms. The van der Waals surface area contributed by atoms with Crippen molar-refractivity contribution in [1.82, 2.24) is 10.2 Å². The Hall–Kier alpha value is -0.880. The van der Waals surface area contributed by atoms with E-state index in [2.05, 4.69) is 22.5 Å². The van der Waals surface area contributed by atoms with Gasteiger partial charge in [0, 0.05) is 20.1 Å². The monoisotopic (exact) mass is 110 g/mol. The molecule has 0 spiro atoms. The molecule has 1 rings (SSSR count). The van der Waals surface area contributed by atoms with Gasteiger partial charge in [0.25, 0.3) is 0 Å². The van der Waals surface area contributed by atoms with Crippen LogP contribution in [0.4, 0.5) is 0 Å². The summed E-state index contributed by atoms with van der Waals surface area (Å²) in [5.74, 6) is 1.02. The largest absolute Gasteiger partial charge is 0.363 e. The summed E-state index contributed by atoms with van der Waals surface area (Å²) in [4.78, 5) is 2.09. The molecule has 0 aromatic heterocycles. The fourth-order valence-corrected chi connectivity index (χ4v) is 0.786. The Morgan fingerprint density at radius 1 is 1.88 bits per heavy atom. The predicted octanol–water partition coefficient (Wildman–Crippen LogP) is 0.148. The van der Waals surface area contributed by atoms with Gasteiger partial charge in [-0.3, -0.25) is 0 Å². The summed E-state index contributed by atoms with van der Waals surface area (Å²) in [6.45, 7) is 5.62. The molecule has 0 saturated carbocycles. The van der Waals surface area contributed by atoms with E-state index in [1.807, 2.05) is 7.05 Å². The molecule has 0 aliphatic carbocycles. The van der Waals surface area contributed by atoms with Crippen LogP contribution in [-0.2, 0) is 0 Å². The lowest BCUT2D eigenvalue weighted by Gasteiger charge is -2.06. The number of nitrogens with one attached hydrogen (secondary N) is 1. The second kappa shape index (κ2) is 1.93. The summed E-state index contributed by atoms with van der Waals surface area (Å²) in [7, 11) is 2.02. The van der Waals surface area contributed by atoms with Gasteiger partial charge in [0.05, 0.1) is 0 Å². The molecule has 0 radical (unpaired) electrons. The number of hydrogen-bond acceptors (Lipinski definition) is 2. The quantitative estimate of drug-likeness (QED) is 0.446. The first-order valence-electron chi connectivity index (χ1n) is 2.69. The number of nitrogens with zero attached hydrogens (tertiary/aromatic N) is 1. The first-order valence-corrected chi connectivity index (χ1v) is 2.69. The number of hydrogen-bond donors (Lipinski definition) is 1. The van der Waals surface area contributed by atoms with Crippen LogP contribution in [0.25, 0.3) is 0 Å². The zero-order valence-electron chi connectivity index (χ0n) is 5.07. The standard InChI is InChI=1S/C6H10N2/c1-3-6-7-4-5-8(6)2/h7H,1,4-5H2,2H3. The minimum Gasteiger partial charge on any atom is -0.363 e. The van der Waals surface area contributed by atoms with Gasteiger partial charge in [-0.05, 0) is 0 Å². The third-order valence-electron chi connectivity index (χ3n) is 1.29. The normalized spacial score (nSPS) is 18.1. The molecule has 0 amide bonds. The third-order valence-corrected chi connectivity index (χ3v) is 1.29. The lowest BCUT2D eigenvalue weighted by Crippen LogP contribution is -2.12. The van der Waals surface area contributed by atoms with Crippen LogP contribution in [-0.4, -0.2) is 25.0 Å². The first-order chi connectivity index (χ1) is 3.84. The van der Waals surface area contributed by atoms with Crippen molar-refractivity contribution >= 4 is 0 Å². The van der Waals surface area contributed by atoms with Crippen LogP contribution in [0.15, 0.2) is 18.1 Å². The Morgan fingerprint density at radius 3 is 2.88 bits per heavy atom. The van der Waals surface area contributed by atoms with E-state index in [0.29, 0.717) is 0 Å². The van der Waals surface area contributed by atoms with E-state index in [-0.39, 0.29) is 0 Å². The van der Waals surface area contributed by atoms with E-state index >= 15 is 0 Å². The molecule has 1 aliphatic heterocycles. The highest BCUT2D eigenvalue weighted by Crippen LogP contribution is 1.98. The van der Waals surface area contributed by atoms with Gasteiger partial charge in [0.2, 0.25) is 0 Å². The molecular weight excluding hydrogens is 100 g/mol. The van der Waals surface area contributed by atoms with Gasteiger partial charge in [-0.2, -0.15) is 0 Å². The summed E-state index contributed by atoms with van der Waals surface area (Å²) >= 11 is 0. The van der Waals surface area contributed by atoms with E-state index in [4.69, 9.17) is 0 Å². The van der Waals surface area contributed by atoms with Crippen molar-refractivity contribution in [1.29, 1.82) is 0 Å². The number of rotatable bonds is 0. The maximum Gasteiger partial charge on any atom is 0.146 e. The molecule has 1 N–H and O–H groups in total. The average molecular weight is 110 g/mol. The molecule has 0 aromatic carbocycles. The summed E-state index contributed by atoms with van der Waals surface area (Å²) < 4.78 is 0. The van der Waals surface area contributed by atoms with Gasteiger partial charge >= 0.3 is 0 Å². The minimum absolute atomic E-state index is 1.02. The molecule has 1 fully saturated rings. The SMILES string of the molecule is C=C=C1NCCN1C. The Labute approximate surface area is 49.5 Å². The highest BCUT2D eigenvalue weighted by Gasteiger charge is 2.08. The van der Waals surface area contributed by atoms with Crippen LogP contribution in [0.2, 0.25) is 0 Å². The number of likely N-dealkylation sites (N-methyl/N-ethyl adjacent to an activating group) is 1. The van der Waals surface area contributed by atoms with E-state index in [0.717, 1.165) is 18.9 Å². The van der Waals surface area contributed by atoms with Crippen molar-refractivity contribution in [3.63, 3.8) is 0 Å². The van der Waals surface area contributed by atoms with Crippen LogP contribution < -0.4 is 5.32 Å². The molecule has 44 valence electrons. The highest BCUT2D eigenvalue weighted by molar-refractivity contribution is 4.99. The lowest BCUT2D eigenvalue weighted by atomic mass is 10.6. The molecule has 0 unspecified atom stereocenters. The van der Waals surface area contributed by atoms with Crippen molar-refractivity contribution in [3.8, 4) is 0 Å². The summed E-state index contributed by atoms with van der Waals surface area (Å²) in [5, 5.41) is 3.12. The molecule has 0 atom stereocenters. The second-order valence-corrected chi connectivity index (χ2v) is 1.87. The van der Waals surface area contributed by atoms with E-state index < -0.39 is 0 Å². The van der Waals surface area contributed by atoms with E-state index in [9.17, 15) is 0 Å². The van der Waals surface area contributed by atoms with Gasteiger partial charge in [-0.15, -0.1) is 0 Å². The molecule has 1 saturated heterocycles. The highest BCUT2D eigenvalue weighted by atomic mass is 15.3. The third kappa shape index (κ3) is 0.703. The zero-order valence-corrected chi connectivity index (χ0v) is 5.07. The Morgan fingerprint density at radius 2 is 2.62 bits per heavy atom. The fraction of sp³-hybridized carbons (Fsp3) is 0.500. The Kier molecular flexibility index (Phi) is 1.27. The maximum absolute atomic E-state index is 3.53. The van der Waals surface area contributed by atoms with Gasteiger partial charge in [0.1, 0.15) is 5.82 Å². The van der Waals surface area contributed by atoms with E-state index in [1.54, 1.807) is 0 Å². The smallest absolute Gasteiger partial charge is 0.146 e. The van der Waals surface area contributed by atoms with Crippen molar-refractivity contribution < 1.29 is 0 Å². The zero-order chi connectivity index (χ0) is 5.98. The van der Waals surface area contributed by atoms with Crippen molar-refractivity contribution in [3.05, 3.63) is 18.1 Å². The predicted molar refractivity (Wildman–Crippen MR) is 33.3 cm³/mol. The van der Waals surface area contributed by atoms with E-state index in [1.165, 1.54) is 0 Å². The van der Waals surface area contributed by atoms with Crippen LogP contribution in [0.5, 0.6) is 0 Å². The molecule has 8 heavy (non-hydrogen) atoms. The molecule has 0 aromatic rings. The summed E-state index contributed by atoms with van der Waals surface area (Å²) in [6.07, 6.45) is 0. The fourth-order valence-electron chi connectivity index (χ4n) is 0.786. The van der Waals surface area contributed by atoms with Gasteiger partial charge < -0.3 is 10.2 Å². The lowest BCUT2D eigenvalue weighted by molar-refractivity contribution is 0.486. The molecule has 0 bridgehead atoms. The topological polar surface area (TPSA) is 15.3 Å². The van der Waals surface area contributed by atoms with Gasteiger partial charge in [0.15, 0.2) is 0 Å². The van der Waals surface area contributed by atoms with Crippen LogP contribution in [0, 0.1) is 0 Å². The van der Waals surface area contributed by atoms with Crippen molar-refractivity contribution in [2.24, 2.45) is 0 Å². The van der Waals surface area contributed by atoms with Crippen molar-refractivity contribution in [2.75, 3.05) is 20.1 Å². The van der Waals surface area contributed by atoms with Crippen molar-refractivity contribution in [2.45, 2.75) is 0 Å². The first kappa shape index (κ1) is 5.26. The summed E-state index contributed by atoms with van der Waals surface area (Å²) in [6, 6.07) is 0. The van der Waals surface area contributed by atoms with Gasteiger partial charge in [-0.1, -0.05) is 12.3 Å². The summed E-state index contributed by atoms with van der Waals surface area (Å²) in [5.41, 5.74) is 2.80. The van der Waals surface area contributed by atoms with Crippen LogP contribution in [0.1, 0.15) is 0 Å². The van der Waals surface area contributed by atoms with Crippen LogP contribution in [0.3, 0.4) is 0 Å². The Balaban J connectivity index is 2.68. The van der Waals surface area contributed by atoms with Gasteiger partial charge in [-0.25, -0.2) is 0 Å². The Bertz CT molecular complexity index is 133.